The Morgan fingerprint density at radius 1 is 1.20 bits per heavy atom. The van der Waals surface area contributed by atoms with Crippen molar-refractivity contribution in [3.8, 4) is 0 Å². The fourth-order valence-corrected chi connectivity index (χ4v) is 3.46. The molecule has 0 aliphatic carbocycles. The lowest BCUT2D eigenvalue weighted by Gasteiger charge is -2.33. The van der Waals surface area contributed by atoms with Gasteiger partial charge in [0, 0.05) is 32.2 Å². The fraction of sp³-hybridized carbons (Fsp3) is 0.565. The summed E-state index contributed by atoms with van der Waals surface area (Å²) in [5, 5.41) is 12.9. The predicted octanol–water partition coefficient (Wildman–Crippen LogP) is 4.39. The summed E-state index contributed by atoms with van der Waals surface area (Å²) in [6.07, 6.45) is -1.50. The normalized spacial score (nSPS) is 20.6. The van der Waals surface area contributed by atoms with Crippen LogP contribution in [-0.2, 0) is 11.2 Å². The number of pyridine rings is 1. The lowest BCUT2D eigenvalue weighted by atomic mass is 10.1. The quantitative estimate of drug-likeness (QED) is 0.591. The molecule has 0 spiro atoms. The van der Waals surface area contributed by atoms with Crippen molar-refractivity contribution in [1.82, 2.24) is 15.0 Å². The van der Waals surface area contributed by atoms with E-state index in [2.05, 4.69) is 25.3 Å². The number of methoxy groups -OCH3 is 1. The maximum absolute atomic E-state index is 14.2. The Morgan fingerprint density at radius 2 is 1.91 bits per heavy atom. The molecule has 0 bridgehead atoms. The summed E-state index contributed by atoms with van der Waals surface area (Å²) in [6, 6.07) is 3.64. The van der Waals surface area contributed by atoms with Crippen LogP contribution in [-0.4, -0.2) is 70.5 Å². The number of anilines is 3. The Hall–Kier alpha value is -2.86. The molecular formula is C23H30F4N6O2. The lowest BCUT2D eigenvalue weighted by Crippen LogP contribution is -2.46. The SMILES string of the molecule is CC(C)C(F)(F)F.COC1CCN(c2nccc(Nc3cc4c(cn3)N=C(C(C)O)C4)n2)CC1F. The van der Waals surface area contributed by atoms with E-state index in [1.807, 2.05) is 11.0 Å². The lowest BCUT2D eigenvalue weighted by molar-refractivity contribution is -0.164. The van der Waals surface area contributed by atoms with Crippen molar-refractivity contribution in [2.24, 2.45) is 10.9 Å². The number of piperidine rings is 1. The maximum atomic E-state index is 14.2. The van der Waals surface area contributed by atoms with Crippen molar-refractivity contribution < 1.29 is 27.4 Å². The van der Waals surface area contributed by atoms with Crippen molar-refractivity contribution >= 4 is 29.0 Å². The zero-order chi connectivity index (χ0) is 25.8. The van der Waals surface area contributed by atoms with Crippen LogP contribution in [0.5, 0.6) is 0 Å². The minimum Gasteiger partial charge on any atom is -0.387 e. The van der Waals surface area contributed by atoms with E-state index < -0.39 is 24.4 Å². The molecular weight excluding hydrogens is 468 g/mol. The van der Waals surface area contributed by atoms with Crippen LogP contribution in [0, 0.1) is 5.92 Å². The van der Waals surface area contributed by atoms with Crippen LogP contribution in [0.15, 0.2) is 29.5 Å². The highest BCUT2D eigenvalue weighted by molar-refractivity contribution is 5.96. The molecule has 2 N–H and O–H groups in total. The standard InChI is InChI=1S/C19H23FN6O2.C4H7F3/c1-11(27)14-7-12-8-18(22-9-15(12)23-14)24-17-3-5-21-19(25-17)26-6-4-16(28-2)13(20)10-26;1-3(2)4(5,6)7/h3,5,8-9,11,13,16,27H,4,6-7,10H2,1-2H3,(H,21,22,24,25);3H,1-2H3. The van der Waals surface area contributed by atoms with Crippen LogP contribution in [0.4, 0.5) is 40.8 Å². The van der Waals surface area contributed by atoms with E-state index in [-0.39, 0.29) is 12.6 Å². The molecule has 0 radical (unpaired) electrons. The van der Waals surface area contributed by atoms with Gasteiger partial charge in [0.2, 0.25) is 5.95 Å². The van der Waals surface area contributed by atoms with Crippen molar-refractivity contribution in [2.75, 3.05) is 30.4 Å². The number of hydrogen-bond acceptors (Lipinski definition) is 8. The monoisotopic (exact) mass is 498 g/mol. The molecule has 4 rings (SSSR count). The van der Waals surface area contributed by atoms with Gasteiger partial charge in [-0.2, -0.15) is 18.2 Å². The van der Waals surface area contributed by atoms with Gasteiger partial charge in [0.05, 0.1) is 36.3 Å². The number of aliphatic hydroxyl groups is 1. The molecule has 8 nitrogen and oxygen atoms in total. The molecule has 2 aromatic heterocycles. The van der Waals surface area contributed by atoms with E-state index >= 15 is 0 Å². The van der Waals surface area contributed by atoms with Gasteiger partial charge in [-0.15, -0.1) is 0 Å². The van der Waals surface area contributed by atoms with Crippen LogP contribution in [0.3, 0.4) is 0 Å². The number of rotatable bonds is 5. The number of nitrogens with one attached hydrogen (secondary N) is 1. The Labute approximate surface area is 201 Å². The number of fused-ring (bicyclic) bond motifs is 1. The largest absolute Gasteiger partial charge is 0.391 e. The van der Waals surface area contributed by atoms with Gasteiger partial charge in [0.1, 0.15) is 17.8 Å². The second kappa shape index (κ2) is 11.3. The molecule has 2 aliphatic heterocycles. The van der Waals surface area contributed by atoms with Crippen LogP contribution in [0.1, 0.15) is 32.8 Å². The summed E-state index contributed by atoms with van der Waals surface area (Å²) in [6.45, 7) is 4.80. The first kappa shape index (κ1) is 26.7. The van der Waals surface area contributed by atoms with Crippen molar-refractivity contribution in [3.05, 3.63) is 30.1 Å². The predicted molar refractivity (Wildman–Crippen MR) is 125 cm³/mol. The highest BCUT2D eigenvalue weighted by atomic mass is 19.4. The molecule has 192 valence electrons. The van der Waals surface area contributed by atoms with E-state index in [0.29, 0.717) is 37.0 Å². The average molecular weight is 499 g/mol. The summed E-state index contributed by atoms with van der Waals surface area (Å²) in [5.41, 5.74) is 2.52. The molecule has 4 heterocycles. The second-order valence-electron chi connectivity index (χ2n) is 8.74. The first-order valence-electron chi connectivity index (χ1n) is 11.3. The molecule has 0 amide bonds. The second-order valence-corrected chi connectivity index (χ2v) is 8.74. The highest BCUT2D eigenvalue weighted by Gasteiger charge is 2.32. The number of aliphatic imine (C=N–C) groups is 1. The number of aliphatic hydroxyl groups excluding tert-OH is 1. The Balaban J connectivity index is 0.000000429. The van der Waals surface area contributed by atoms with Crippen LogP contribution >= 0.6 is 0 Å². The molecule has 2 aliphatic rings. The topological polar surface area (TPSA) is 95.8 Å². The zero-order valence-electron chi connectivity index (χ0n) is 20.1. The maximum Gasteiger partial charge on any atom is 0.391 e. The minimum absolute atomic E-state index is 0.207. The third-order valence-electron chi connectivity index (χ3n) is 5.70. The van der Waals surface area contributed by atoms with Gasteiger partial charge in [-0.1, -0.05) is 13.8 Å². The summed E-state index contributed by atoms with van der Waals surface area (Å²) >= 11 is 0. The van der Waals surface area contributed by atoms with Gasteiger partial charge < -0.3 is 20.1 Å². The smallest absolute Gasteiger partial charge is 0.387 e. The highest BCUT2D eigenvalue weighted by Crippen LogP contribution is 2.30. The zero-order valence-corrected chi connectivity index (χ0v) is 20.1. The molecule has 2 aromatic rings. The van der Waals surface area contributed by atoms with Crippen LogP contribution < -0.4 is 10.2 Å². The molecule has 1 fully saturated rings. The minimum atomic E-state index is -4.00. The van der Waals surface area contributed by atoms with Gasteiger partial charge in [0.15, 0.2) is 0 Å². The molecule has 35 heavy (non-hydrogen) atoms. The van der Waals surface area contributed by atoms with E-state index in [4.69, 9.17) is 4.74 Å². The van der Waals surface area contributed by atoms with E-state index in [9.17, 15) is 22.7 Å². The van der Waals surface area contributed by atoms with E-state index in [0.717, 1.165) is 30.8 Å². The number of halogens is 4. The summed E-state index contributed by atoms with van der Waals surface area (Å²) in [4.78, 5) is 19.4. The molecule has 1 saturated heterocycles. The summed E-state index contributed by atoms with van der Waals surface area (Å²) < 4.78 is 52.9. The van der Waals surface area contributed by atoms with E-state index in [1.165, 1.54) is 7.11 Å². The first-order valence-corrected chi connectivity index (χ1v) is 11.3. The molecule has 0 aromatic carbocycles. The molecule has 12 heteroatoms. The number of ether oxygens (including phenoxy) is 1. The van der Waals surface area contributed by atoms with Crippen molar-refractivity contribution in [3.63, 3.8) is 0 Å². The first-order chi connectivity index (χ1) is 16.5. The third-order valence-corrected chi connectivity index (χ3v) is 5.70. The third kappa shape index (κ3) is 7.07. The van der Waals surface area contributed by atoms with Gasteiger partial charge in [0.25, 0.3) is 0 Å². The fourth-order valence-electron chi connectivity index (χ4n) is 3.46. The Kier molecular flexibility index (Phi) is 8.60. The van der Waals surface area contributed by atoms with Gasteiger partial charge >= 0.3 is 6.18 Å². The number of aromatic nitrogens is 3. The van der Waals surface area contributed by atoms with Gasteiger partial charge in [-0.3, -0.25) is 4.99 Å². The Bertz CT molecular complexity index is 1030. The van der Waals surface area contributed by atoms with Crippen molar-refractivity contribution in [1.29, 1.82) is 0 Å². The van der Waals surface area contributed by atoms with Gasteiger partial charge in [-0.05, 0) is 31.0 Å². The van der Waals surface area contributed by atoms with Crippen LogP contribution in [0.25, 0.3) is 0 Å². The summed E-state index contributed by atoms with van der Waals surface area (Å²) in [5.74, 6) is 0.485. The van der Waals surface area contributed by atoms with Gasteiger partial charge in [-0.25, -0.2) is 14.4 Å². The number of alkyl halides is 4. The summed E-state index contributed by atoms with van der Waals surface area (Å²) in [7, 11) is 1.53. The average Bonchev–Trinajstić information content (AvgIpc) is 3.23. The van der Waals surface area contributed by atoms with Crippen molar-refractivity contribution in [2.45, 2.75) is 58.2 Å². The number of nitrogens with zero attached hydrogens (tertiary/aromatic N) is 5. The Morgan fingerprint density at radius 3 is 2.51 bits per heavy atom. The van der Waals surface area contributed by atoms with E-state index in [1.54, 1.807) is 25.4 Å². The number of hydrogen-bond donors (Lipinski definition) is 2. The molecule has 3 atom stereocenters. The molecule has 3 unspecified atom stereocenters. The van der Waals surface area contributed by atoms with Crippen LogP contribution in [0.2, 0.25) is 0 Å². The molecule has 0 saturated carbocycles.